The summed E-state index contributed by atoms with van der Waals surface area (Å²) >= 11 is 2.90. The van der Waals surface area contributed by atoms with Crippen LogP contribution in [-0.4, -0.2) is 39.6 Å². The van der Waals surface area contributed by atoms with E-state index in [1.807, 2.05) is 10.3 Å². The van der Waals surface area contributed by atoms with Crippen LogP contribution in [0.25, 0.3) is 11.3 Å². The maximum absolute atomic E-state index is 12.3. The molecule has 2 heterocycles. The number of hydrogen-bond acceptors (Lipinski definition) is 6. The van der Waals surface area contributed by atoms with Crippen LogP contribution in [0.15, 0.2) is 34.0 Å². The highest BCUT2D eigenvalue weighted by atomic mass is 32.2. The van der Waals surface area contributed by atoms with Crippen molar-refractivity contribution in [3.63, 3.8) is 0 Å². The number of nitro groups is 1. The first kappa shape index (κ1) is 17.9. The van der Waals surface area contributed by atoms with Gasteiger partial charge in [-0.05, 0) is 12.8 Å². The first-order valence-electron chi connectivity index (χ1n) is 8.24. The molecule has 1 saturated heterocycles. The molecule has 0 radical (unpaired) electrons. The van der Waals surface area contributed by atoms with E-state index in [1.54, 1.807) is 12.1 Å². The van der Waals surface area contributed by atoms with E-state index in [1.165, 1.54) is 48.1 Å². The quantitative estimate of drug-likeness (QED) is 0.443. The summed E-state index contributed by atoms with van der Waals surface area (Å²) in [7, 11) is 0. The third kappa shape index (κ3) is 4.79. The standard InChI is InChI=1S/C17H19N3O3S2/c21-16(19-8-3-1-2-4-9-19)12-25-17-18-15(11-24-17)13-6-5-7-14(10-13)20(22)23/h5-7,10-11H,1-4,8-9,12H2. The lowest BCUT2D eigenvalue weighted by molar-refractivity contribution is -0.384. The molecule has 0 saturated carbocycles. The van der Waals surface area contributed by atoms with E-state index in [0.717, 1.165) is 35.8 Å². The van der Waals surface area contributed by atoms with Gasteiger partial charge in [-0.2, -0.15) is 0 Å². The summed E-state index contributed by atoms with van der Waals surface area (Å²) in [5, 5.41) is 12.8. The average Bonchev–Trinajstić information content (AvgIpc) is 2.93. The van der Waals surface area contributed by atoms with Crippen molar-refractivity contribution in [1.82, 2.24) is 9.88 Å². The topological polar surface area (TPSA) is 76.3 Å². The van der Waals surface area contributed by atoms with Crippen LogP contribution in [0.5, 0.6) is 0 Å². The van der Waals surface area contributed by atoms with Crippen molar-refractivity contribution in [3.05, 3.63) is 39.8 Å². The second-order valence-electron chi connectivity index (χ2n) is 5.89. The van der Waals surface area contributed by atoms with Gasteiger partial charge in [0, 0.05) is 36.2 Å². The van der Waals surface area contributed by atoms with Crippen LogP contribution in [0, 0.1) is 10.1 Å². The van der Waals surface area contributed by atoms with Gasteiger partial charge >= 0.3 is 0 Å². The molecule has 0 bridgehead atoms. The summed E-state index contributed by atoms with van der Waals surface area (Å²) in [5.74, 6) is 0.557. The van der Waals surface area contributed by atoms with Gasteiger partial charge in [0.05, 0.1) is 16.4 Å². The number of aromatic nitrogens is 1. The van der Waals surface area contributed by atoms with Gasteiger partial charge in [-0.15, -0.1) is 11.3 Å². The molecule has 25 heavy (non-hydrogen) atoms. The van der Waals surface area contributed by atoms with Gasteiger partial charge in [0.2, 0.25) is 5.91 Å². The predicted molar refractivity (Wildman–Crippen MR) is 100.0 cm³/mol. The number of nitro benzene ring substituents is 1. The third-order valence-electron chi connectivity index (χ3n) is 4.11. The lowest BCUT2D eigenvalue weighted by Crippen LogP contribution is -2.33. The number of likely N-dealkylation sites (tertiary alicyclic amines) is 1. The van der Waals surface area contributed by atoms with Gasteiger partial charge in [-0.1, -0.05) is 36.7 Å². The molecule has 132 valence electrons. The number of nitrogens with zero attached hydrogens (tertiary/aromatic N) is 3. The van der Waals surface area contributed by atoms with Gasteiger partial charge in [-0.25, -0.2) is 4.98 Å². The van der Waals surface area contributed by atoms with Crippen molar-refractivity contribution in [1.29, 1.82) is 0 Å². The molecule has 1 fully saturated rings. The monoisotopic (exact) mass is 377 g/mol. The lowest BCUT2D eigenvalue weighted by atomic mass is 10.1. The number of thiazole rings is 1. The SMILES string of the molecule is O=C(CSc1nc(-c2cccc([N+](=O)[O-])c2)cs1)N1CCCCCC1. The van der Waals surface area contributed by atoms with E-state index in [2.05, 4.69) is 4.98 Å². The number of rotatable bonds is 5. The van der Waals surface area contributed by atoms with Gasteiger partial charge in [-0.3, -0.25) is 14.9 Å². The Morgan fingerprint density at radius 2 is 2.04 bits per heavy atom. The second kappa shape index (κ2) is 8.44. The average molecular weight is 377 g/mol. The Hall–Kier alpha value is -1.93. The van der Waals surface area contributed by atoms with Crippen LogP contribution in [0.3, 0.4) is 0 Å². The second-order valence-corrected chi connectivity index (χ2v) is 7.97. The smallest absolute Gasteiger partial charge is 0.270 e. The van der Waals surface area contributed by atoms with E-state index in [9.17, 15) is 14.9 Å². The van der Waals surface area contributed by atoms with Crippen molar-refractivity contribution in [2.45, 2.75) is 30.0 Å². The Morgan fingerprint density at radius 1 is 1.28 bits per heavy atom. The zero-order chi connectivity index (χ0) is 17.6. The molecule has 0 unspecified atom stereocenters. The molecule has 0 spiro atoms. The number of benzene rings is 1. The van der Waals surface area contributed by atoms with Crippen molar-refractivity contribution in [3.8, 4) is 11.3 Å². The summed E-state index contributed by atoms with van der Waals surface area (Å²) in [6.45, 7) is 1.71. The highest BCUT2D eigenvalue weighted by Crippen LogP contribution is 2.30. The van der Waals surface area contributed by atoms with E-state index >= 15 is 0 Å². The van der Waals surface area contributed by atoms with Gasteiger partial charge < -0.3 is 4.90 Å². The number of carbonyl (C=O) groups is 1. The van der Waals surface area contributed by atoms with Crippen LogP contribution in [0.4, 0.5) is 5.69 Å². The molecule has 1 aliphatic rings. The molecule has 2 aromatic rings. The zero-order valence-corrected chi connectivity index (χ0v) is 15.4. The van der Waals surface area contributed by atoms with Crippen LogP contribution in [0.1, 0.15) is 25.7 Å². The molecule has 3 rings (SSSR count). The van der Waals surface area contributed by atoms with E-state index in [-0.39, 0.29) is 11.6 Å². The zero-order valence-electron chi connectivity index (χ0n) is 13.7. The molecule has 0 aliphatic carbocycles. The predicted octanol–water partition coefficient (Wildman–Crippen LogP) is 4.21. The van der Waals surface area contributed by atoms with Crippen LogP contribution in [0.2, 0.25) is 0 Å². The lowest BCUT2D eigenvalue weighted by Gasteiger charge is -2.19. The summed E-state index contributed by atoms with van der Waals surface area (Å²) in [6.07, 6.45) is 4.58. The number of non-ortho nitro benzene ring substituents is 1. The largest absolute Gasteiger partial charge is 0.342 e. The molecular formula is C17H19N3O3S2. The van der Waals surface area contributed by atoms with Crippen molar-refractivity contribution >= 4 is 34.7 Å². The van der Waals surface area contributed by atoms with Crippen molar-refractivity contribution in [2.75, 3.05) is 18.8 Å². The highest BCUT2D eigenvalue weighted by molar-refractivity contribution is 8.01. The van der Waals surface area contributed by atoms with Crippen LogP contribution >= 0.6 is 23.1 Å². The third-order valence-corrected chi connectivity index (χ3v) is 6.12. The Labute approximate surface area is 154 Å². The number of amides is 1. The first-order chi connectivity index (χ1) is 12.1. The Bertz CT molecular complexity index is 755. The maximum Gasteiger partial charge on any atom is 0.270 e. The molecule has 1 amide bonds. The fourth-order valence-corrected chi connectivity index (χ4v) is 4.51. The fraction of sp³-hybridized carbons (Fsp3) is 0.412. The first-order valence-corrected chi connectivity index (χ1v) is 10.1. The van der Waals surface area contributed by atoms with Gasteiger partial charge in [0.1, 0.15) is 0 Å². The Balaban J connectivity index is 1.61. The van der Waals surface area contributed by atoms with E-state index in [4.69, 9.17) is 0 Å². The molecule has 1 aromatic heterocycles. The van der Waals surface area contributed by atoms with Crippen LogP contribution < -0.4 is 0 Å². The summed E-state index contributed by atoms with van der Waals surface area (Å²) < 4.78 is 0.810. The molecule has 6 nitrogen and oxygen atoms in total. The Morgan fingerprint density at radius 3 is 2.76 bits per heavy atom. The Kier molecular flexibility index (Phi) is 6.04. The molecule has 0 N–H and O–H groups in total. The number of hydrogen-bond donors (Lipinski definition) is 0. The van der Waals surface area contributed by atoms with Gasteiger partial charge in [0.15, 0.2) is 4.34 Å². The minimum Gasteiger partial charge on any atom is -0.342 e. The minimum atomic E-state index is -0.411. The number of thioether (sulfide) groups is 1. The highest BCUT2D eigenvalue weighted by Gasteiger charge is 2.17. The summed E-state index contributed by atoms with van der Waals surface area (Å²) in [6, 6.07) is 6.44. The van der Waals surface area contributed by atoms with Crippen molar-refractivity contribution in [2.24, 2.45) is 0 Å². The van der Waals surface area contributed by atoms with E-state index in [0.29, 0.717) is 11.4 Å². The maximum atomic E-state index is 12.3. The fourth-order valence-electron chi connectivity index (χ4n) is 2.77. The molecule has 1 aromatic carbocycles. The molecule has 8 heteroatoms. The van der Waals surface area contributed by atoms with Crippen LogP contribution in [-0.2, 0) is 4.79 Å². The number of carbonyl (C=O) groups excluding carboxylic acids is 1. The molecular weight excluding hydrogens is 358 g/mol. The minimum absolute atomic E-state index is 0.0519. The van der Waals surface area contributed by atoms with E-state index < -0.39 is 4.92 Å². The summed E-state index contributed by atoms with van der Waals surface area (Å²) in [4.78, 5) is 29.3. The normalized spacial score (nSPS) is 15.0. The molecule has 0 atom stereocenters. The summed E-state index contributed by atoms with van der Waals surface area (Å²) in [5.41, 5.74) is 1.48. The molecule has 1 aliphatic heterocycles. The van der Waals surface area contributed by atoms with Gasteiger partial charge in [0.25, 0.3) is 5.69 Å². The van der Waals surface area contributed by atoms with Crippen molar-refractivity contribution < 1.29 is 9.72 Å².